The Balaban J connectivity index is 2.12. The van der Waals surface area contributed by atoms with Crippen LogP contribution in [-0.2, 0) is 9.47 Å². The summed E-state index contributed by atoms with van der Waals surface area (Å²) in [7, 11) is 0. The lowest BCUT2D eigenvalue weighted by Crippen LogP contribution is -2.14. The molecule has 0 aromatic heterocycles. The van der Waals surface area contributed by atoms with Crippen molar-refractivity contribution in [1.29, 1.82) is 0 Å². The zero-order valence-electron chi connectivity index (χ0n) is 19.2. The predicted octanol–water partition coefficient (Wildman–Crippen LogP) is 7.24. The number of fused-ring (bicyclic) bond motifs is 2. The smallest absolute Gasteiger partial charge is 0.434 e. The van der Waals surface area contributed by atoms with Crippen LogP contribution in [0.15, 0.2) is 36.4 Å². The van der Waals surface area contributed by atoms with Gasteiger partial charge in [0, 0.05) is 21.5 Å². The second-order valence-electron chi connectivity index (χ2n) is 7.79. The average molecular weight is 439 g/mol. The van der Waals surface area contributed by atoms with Gasteiger partial charge < -0.3 is 18.9 Å². The van der Waals surface area contributed by atoms with E-state index < -0.39 is 12.3 Å². The number of hydrogen-bond acceptors (Lipinski definition) is 6. The molecule has 3 rings (SSSR count). The molecular weight excluding hydrogens is 408 g/mol. The van der Waals surface area contributed by atoms with Crippen molar-refractivity contribution in [2.45, 2.75) is 53.4 Å². The summed E-state index contributed by atoms with van der Waals surface area (Å²) in [6, 6.07) is 11.2. The molecule has 170 valence electrons. The zero-order valence-corrected chi connectivity index (χ0v) is 19.2. The Hall–Kier alpha value is -3.28. The van der Waals surface area contributed by atoms with Gasteiger partial charge in [0.05, 0.1) is 13.2 Å². The van der Waals surface area contributed by atoms with Gasteiger partial charge in [0.2, 0.25) is 0 Å². The maximum Gasteiger partial charge on any atom is 0.513 e. The number of carbonyl (C=O) groups excluding carboxylic acids is 2. The van der Waals surface area contributed by atoms with E-state index >= 15 is 0 Å². The van der Waals surface area contributed by atoms with Crippen LogP contribution in [0, 0.1) is 13.8 Å². The van der Waals surface area contributed by atoms with Gasteiger partial charge in [0.25, 0.3) is 0 Å². The summed E-state index contributed by atoms with van der Waals surface area (Å²) in [6.07, 6.45) is 1.85. The lowest BCUT2D eigenvalue weighted by Gasteiger charge is -2.17. The lowest BCUT2D eigenvalue weighted by atomic mass is 9.96. The average Bonchev–Trinajstić information content (AvgIpc) is 2.77. The summed E-state index contributed by atoms with van der Waals surface area (Å²) in [5.41, 5.74) is 2.04. The first-order valence-electron chi connectivity index (χ1n) is 11.1. The molecule has 0 heterocycles. The van der Waals surface area contributed by atoms with E-state index in [2.05, 4.69) is 0 Å². The van der Waals surface area contributed by atoms with E-state index in [1.807, 2.05) is 64.1 Å². The summed E-state index contributed by atoms with van der Waals surface area (Å²) in [6.45, 7) is 8.60. The van der Waals surface area contributed by atoms with Crippen molar-refractivity contribution in [1.82, 2.24) is 0 Å². The molecule has 3 aromatic rings. The van der Waals surface area contributed by atoms with Gasteiger partial charge in [-0.15, -0.1) is 0 Å². The number of benzene rings is 3. The molecule has 32 heavy (non-hydrogen) atoms. The monoisotopic (exact) mass is 438 g/mol. The molecule has 0 aliphatic rings. The van der Waals surface area contributed by atoms with Gasteiger partial charge in [-0.2, -0.15) is 0 Å². The van der Waals surface area contributed by atoms with Crippen molar-refractivity contribution < 1.29 is 28.5 Å². The molecule has 6 heteroatoms. The van der Waals surface area contributed by atoms with Crippen molar-refractivity contribution in [3.63, 3.8) is 0 Å². The van der Waals surface area contributed by atoms with Crippen molar-refractivity contribution in [2.75, 3.05) is 13.2 Å². The van der Waals surface area contributed by atoms with Crippen molar-refractivity contribution in [3.05, 3.63) is 47.5 Å². The SMILES string of the molecule is CCCCOC(=O)Oc1c2ccccc2c(OC(=O)OCCCC)c2cc(C)c(C)cc12. The van der Waals surface area contributed by atoms with Crippen molar-refractivity contribution in [2.24, 2.45) is 0 Å². The molecule has 0 aliphatic carbocycles. The van der Waals surface area contributed by atoms with E-state index in [1.54, 1.807) is 0 Å². The van der Waals surface area contributed by atoms with E-state index in [4.69, 9.17) is 18.9 Å². The van der Waals surface area contributed by atoms with Crippen molar-refractivity contribution >= 4 is 33.9 Å². The van der Waals surface area contributed by atoms with Crippen LogP contribution in [0.2, 0.25) is 0 Å². The van der Waals surface area contributed by atoms with E-state index in [-0.39, 0.29) is 0 Å². The van der Waals surface area contributed by atoms with Gasteiger partial charge in [-0.3, -0.25) is 0 Å². The Kier molecular flexibility index (Phi) is 7.92. The molecule has 3 aromatic carbocycles. The summed E-state index contributed by atoms with van der Waals surface area (Å²) in [4.78, 5) is 24.8. The van der Waals surface area contributed by atoms with Crippen LogP contribution >= 0.6 is 0 Å². The van der Waals surface area contributed by atoms with Crippen LogP contribution < -0.4 is 9.47 Å². The highest BCUT2D eigenvalue weighted by Crippen LogP contribution is 2.44. The summed E-state index contributed by atoms with van der Waals surface area (Å²) < 4.78 is 21.8. The molecule has 0 atom stereocenters. The highest BCUT2D eigenvalue weighted by Gasteiger charge is 2.21. The minimum atomic E-state index is -0.754. The minimum Gasteiger partial charge on any atom is -0.434 e. The Labute approximate surface area is 188 Å². The quantitative estimate of drug-likeness (QED) is 0.160. The van der Waals surface area contributed by atoms with Gasteiger partial charge in [0.1, 0.15) is 11.5 Å². The first-order valence-corrected chi connectivity index (χ1v) is 11.1. The van der Waals surface area contributed by atoms with Gasteiger partial charge in [-0.1, -0.05) is 51.0 Å². The highest BCUT2D eigenvalue weighted by molar-refractivity contribution is 6.12. The van der Waals surface area contributed by atoms with E-state index in [0.29, 0.717) is 46.3 Å². The molecule has 0 saturated carbocycles. The Bertz CT molecular complexity index is 1030. The van der Waals surface area contributed by atoms with Crippen LogP contribution in [0.25, 0.3) is 21.5 Å². The first kappa shape index (κ1) is 23.4. The second kappa shape index (κ2) is 10.8. The van der Waals surface area contributed by atoms with E-state index in [9.17, 15) is 9.59 Å². The number of unbranched alkanes of at least 4 members (excludes halogenated alkanes) is 2. The Morgan fingerprint density at radius 2 is 1.09 bits per heavy atom. The third-order valence-electron chi connectivity index (χ3n) is 5.35. The van der Waals surface area contributed by atoms with Crippen LogP contribution in [-0.4, -0.2) is 25.5 Å². The van der Waals surface area contributed by atoms with Gasteiger partial charge in [-0.05, 0) is 49.9 Å². The van der Waals surface area contributed by atoms with Gasteiger partial charge in [-0.25, -0.2) is 9.59 Å². The Morgan fingerprint density at radius 3 is 1.47 bits per heavy atom. The summed E-state index contributed by atoms with van der Waals surface area (Å²) in [5.74, 6) is 0.763. The minimum absolute atomic E-state index is 0.300. The maximum atomic E-state index is 12.4. The number of rotatable bonds is 8. The van der Waals surface area contributed by atoms with Crippen LogP contribution in [0.4, 0.5) is 9.59 Å². The van der Waals surface area contributed by atoms with Crippen molar-refractivity contribution in [3.8, 4) is 11.5 Å². The fraction of sp³-hybridized carbons (Fsp3) is 0.385. The second-order valence-corrected chi connectivity index (χ2v) is 7.79. The van der Waals surface area contributed by atoms with Crippen LogP contribution in [0.1, 0.15) is 50.7 Å². The molecule has 0 amide bonds. The zero-order chi connectivity index (χ0) is 23.1. The molecule has 6 nitrogen and oxygen atoms in total. The molecule has 0 aliphatic heterocycles. The largest absolute Gasteiger partial charge is 0.513 e. The number of ether oxygens (including phenoxy) is 4. The third kappa shape index (κ3) is 5.31. The Morgan fingerprint density at radius 1 is 0.688 bits per heavy atom. The highest BCUT2D eigenvalue weighted by atomic mass is 16.7. The molecule has 0 N–H and O–H groups in total. The lowest BCUT2D eigenvalue weighted by molar-refractivity contribution is 0.0970. The number of hydrogen-bond donors (Lipinski definition) is 0. The van der Waals surface area contributed by atoms with Gasteiger partial charge >= 0.3 is 12.3 Å². The van der Waals surface area contributed by atoms with Gasteiger partial charge in [0.15, 0.2) is 0 Å². The summed E-state index contributed by atoms with van der Waals surface area (Å²) in [5, 5.41) is 2.62. The van der Waals surface area contributed by atoms with Crippen LogP contribution in [0.5, 0.6) is 11.5 Å². The molecule has 0 bridgehead atoms. The van der Waals surface area contributed by atoms with E-state index in [0.717, 1.165) is 36.8 Å². The predicted molar refractivity (Wildman–Crippen MR) is 125 cm³/mol. The molecule has 0 spiro atoms. The standard InChI is InChI=1S/C26H30O6/c1-5-7-13-29-25(27)31-23-19-11-9-10-12-20(19)24(32-26(28)30-14-8-6-2)22-16-18(4)17(3)15-21(22)23/h9-12,15-16H,5-8,13-14H2,1-4H3. The topological polar surface area (TPSA) is 71.1 Å². The molecule has 0 unspecified atom stereocenters. The molecule has 0 fully saturated rings. The third-order valence-corrected chi connectivity index (χ3v) is 5.35. The molecular formula is C26H30O6. The normalized spacial score (nSPS) is 10.9. The fourth-order valence-electron chi connectivity index (χ4n) is 3.41. The first-order chi connectivity index (χ1) is 15.5. The molecule has 0 saturated heterocycles. The number of aryl methyl sites for hydroxylation is 2. The number of carbonyl (C=O) groups is 2. The van der Waals surface area contributed by atoms with E-state index in [1.165, 1.54) is 0 Å². The maximum absolute atomic E-state index is 12.4. The van der Waals surface area contributed by atoms with Crippen LogP contribution in [0.3, 0.4) is 0 Å². The summed E-state index contributed by atoms with van der Waals surface area (Å²) >= 11 is 0. The fourth-order valence-corrected chi connectivity index (χ4v) is 3.41. The molecule has 0 radical (unpaired) electrons.